The number of hydrogen-bond acceptors (Lipinski definition) is 4. The lowest BCUT2D eigenvalue weighted by Gasteiger charge is -2.29. The lowest BCUT2D eigenvalue weighted by atomic mass is 9.86. The van der Waals surface area contributed by atoms with E-state index in [1.165, 1.54) is 70.2 Å². The molecule has 1 aliphatic rings. The van der Waals surface area contributed by atoms with Crippen LogP contribution < -0.4 is 5.32 Å². The van der Waals surface area contributed by atoms with Gasteiger partial charge in [-0.1, -0.05) is 176 Å². The van der Waals surface area contributed by atoms with Crippen molar-refractivity contribution in [2.24, 2.45) is 0 Å². The molecule has 67 heavy (non-hydrogen) atoms. The van der Waals surface area contributed by atoms with E-state index in [1.54, 1.807) is 0 Å². The first kappa shape index (κ1) is 37.6. The number of hydrogen-bond donors (Lipinski definition) is 1. The minimum Gasteiger partial charge on any atom is -0.378 e. The van der Waals surface area contributed by atoms with E-state index in [9.17, 15) is 0 Å². The Morgan fingerprint density at radius 2 is 1.00 bits per heavy atom. The minimum atomic E-state index is -0.318. The highest BCUT2D eigenvalue weighted by atomic mass is 14.9. The fourth-order valence-electron chi connectivity index (χ4n) is 10.9. The van der Waals surface area contributed by atoms with Crippen molar-refractivity contribution in [2.45, 2.75) is 12.5 Å². The van der Waals surface area contributed by atoms with Crippen LogP contribution in [-0.4, -0.2) is 15.0 Å². The van der Waals surface area contributed by atoms with E-state index in [1.807, 2.05) is 30.6 Å². The molecule has 0 unspecified atom stereocenters. The lowest BCUT2D eigenvalue weighted by molar-refractivity contribution is 0.524. The summed E-state index contributed by atoms with van der Waals surface area (Å²) in [6.45, 7) is 2.20. The number of aromatic nitrogens is 3. The number of pyridine rings is 1. The molecular formula is C63H40N4. The number of nitrogens with one attached hydrogen (secondary N) is 1. The van der Waals surface area contributed by atoms with E-state index in [0.29, 0.717) is 5.82 Å². The van der Waals surface area contributed by atoms with Crippen LogP contribution in [0.15, 0.2) is 219 Å². The quantitative estimate of drug-likeness (QED) is 0.169. The van der Waals surface area contributed by atoms with Gasteiger partial charge in [-0.25, -0.2) is 9.97 Å². The predicted octanol–water partition coefficient (Wildman–Crippen LogP) is 16.0. The monoisotopic (exact) mass is 852 g/mol. The Morgan fingerprint density at radius 1 is 0.418 bits per heavy atom. The van der Waals surface area contributed by atoms with Crippen LogP contribution in [-0.2, 0) is 5.54 Å². The second kappa shape index (κ2) is 14.4. The van der Waals surface area contributed by atoms with Gasteiger partial charge in [0.1, 0.15) is 0 Å². The van der Waals surface area contributed by atoms with Crippen LogP contribution in [0.25, 0.3) is 132 Å². The van der Waals surface area contributed by atoms with Gasteiger partial charge in [0.15, 0.2) is 5.82 Å². The molecule has 11 aromatic carbocycles. The lowest BCUT2D eigenvalue weighted by Crippen LogP contribution is -2.35. The van der Waals surface area contributed by atoms with Crippen LogP contribution in [0.4, 0.5) is 0 Å². The summed E-state index contributed by atoms with van der Waals surface area (Å²) in [5.41, 5.74) is 11.1. The van der Waals surface area contributed by atoms with Gasteiger partial charge in [-0.3, -0.25) is 4.98 Å². The largest absolute Gasteiger partial charge is 0.378 e. The zero-order valence-corrected chi connectivity index (χ0v) is 36.6. The van der Waals surface area contributed by atoms with Gasteiger partial charge in [0.05, 0.1) is 22.4 Å². The number of dihydropyridines is 1. The maximum atomic E-state index is 5.64. The Bertz CT molecular complexity index is 4140. The van der Waals surface area contributed by atoms with E-state index in [0.717, 1.165) is 61.2 Å². The Hall–Kier alpha value is -8.73. The second-order valence-electron chi connectivity index (χ2n) is 18.2. The molecule has 312 valence electrons. The van der Waals surface area contributed by atoms with E-state index in [-0.39, 0.29) is 5.54 Å². The third-order valence-electron chi connectivity index (χ3n) is 14.3. The van der Waals surface area contributed by atoms with Crippen molar-refractivity contribution in [3.8, 4) is 56.2 Å². The van der Waals surface area contributed by atoms with E-state index < -0.39 is 0 Å². The molecule has 3 heterocycles. The first-order valence-corrected chi connectivity index (χ1v) is 23.0. The zero-order chi connectivity index (χ0) is 44.2. The molecule has 1 atom stereocenters. The van der Waals surface area contributed by atoms with E-state index in [2.05, 4.69) is 205 Å². The number of allylic oxidation sites excluding steroid dienone is 2. The number of nitrogens with zero attached hydrogens (tertiary/aromatic N) is 3. The SMILES string of the molecule is C[C@@]1(c2ccc(-c3nc(-c4ccc(-c5ccccn5)cc4)c4cc(-c5ccc6ccc7cccc8ccc5c6c78)cc(-c5ccc6ccc7cccc8ccc5c6c78)c4n3)cc2)C=CC=CN1. The molecule has 4 heteroatoms. The van der Waals surface area contributed by atoms with Crippen molar-refractivity contribution in [2.75, 3.05) is 0 Å². The van der Waals surface area contributed by atoms with E-state index >= 15 is 0 Å². The molecule has 0 fully saturated rings. The summed E-state index contributed by atoms with van der Waals surface area (Å²) >= 11 is 0. The highest BCUT2D eigenvalue weighted by molar-refractivity contribution is 6.28. The van der Waals surface area contributed by atoms with E-state index in [4.69, 9.17) is 9.97 Å². The summed E-state index contributed by atoms with van der Waals surface area (Å²) in [4.78, 5) is 15.9. The van der Waals surface area contributed by atoms with Crippen LogP contribution >= 0.6 is 0 Å². The van der Waals surface area contributed by atoms with Crippen molar-refractivity contribution >= 4 is 75.5 Å². The third kappa shape index (κ3) is 5.83. The average Bonchev–Trinajstić information content (AvgIpc) is 3.39. The van der Waals surface area contributed by atoms with Crippen LogP contribution in [0.2, 0.25) is 0 Å². The summed E-state index contributed by atoms with van der Waals surface area (Å²) in [7, 11) is 0. The molecule has 13 aromatic rings. The maximum absolute atomic E-state index is 5.64. The summed E-state index contributed by atoms with van der Waals surface area (Å²) in [6.07, 6.45) is 10.2. The summed E-state index contributed by atoms with van der Waals surface area (Å²) in [6, 6.07) is 68.8. The minimum absolute atomic E-state index is 0.318. The molecule has 0 bridgehead atoms. The standard InChI is InChI=1S/C63H40N4/c1-63(33-3-5-35-65-63)48-27-21-46(22-28-48)62-66-60(45-19-13-38(14-20-45)55-12-2-4-34-64-55)54-37-47(49-29-23-43-17-15-39-8-6-10-41-25-31-51(49)58(43)56(39)41)36-53(61(54)67-62)50-30-24-44-18-16-40-9-7-11-42-26-32-52(50)59(44)57(40)42/h2-37,65H,1H3/t63-/m0/s1. The second-order valence-corrected chi connectivity index (χ2v) is 18.2. The van der Waals surface area contributed by atoms with Crippen LogP contribution in [0.5, 0.6) is 0 Å². The molecule has 14 rings (SSSR count). The molecule has 0 spiro atoms. The van der Waals surface area contributed by atoms with Gasteiger partial charge < -0.3 is 5.32 Å². The molecule has 2 aromatic heterocycles. The van der Waals surface area contributed by atoms with Gasteiger partial charge in [-0.2, -0.15) is 0 Å². The van der Waals surface area contributed by atoms with Gasteiger partial charge in [-0.15, -0.1) is 0 Å². The fourth-order valence-corrected chi connectivity index (χ4v) is 10.9. The van der Waals surface area contributed by atoms with Crippen molar-refractivity contribution in [3.63, 3.8) is 0 Å². The number of benzene rings is 11. The van der Waals surface area contributed by atoms with Gasteiger partial charge in [0.2, 0.25) is 0 Å². The van der Waals surface area contributed by atoms with Gasteiger partial charge >= 0.3 is 0 Å². The molecule has 4 nitrogen and oxygen atoms in total. The molecule has 1 N–H and O–H groups in total. The summed E-state index contributed by atoms with van der Waals surface area (Å²) < 4.78 is 0. The van der Waals surface area contributed by atoms with Crippen LogP contribution in [0.3, 0.4) is 0 Å². The van der Waals surface area contributed by atoms with Crippen molar-refractivity contribution in [3.05, 3.63) is 224 Å². The Kier molecular flexibility index (Phi) is 8.08. The highest BCUT2D eigenvalue weighted by Crippen LogP contribution is 2.46. The summed E-state index contributed by atoms with van der Waals surface area (Å²) in [5.74, 6) is 0.675. The topological polar surface area (TPSA) is 50.7 Å². The Balaban J connectivity index is 1.08. The Morgan fingerprint density at radius 3 is 1.63 bits per heavy atom. The smallest absolute Gasteiger partial charge is 0.160 e. The molecule has 0 saturated carbocycles. The maximum Gasteiger partial charge on any atom is 0.160 e. The van der Waals surface area contributed by atoms with Crippen molar-refractivity contribution in [1.82, 2.24) is 20.3 Å². The molecule has 0 amide bonds. The molecule has 0 saturated heterocycles. The highest BCUT2D eigenvalue weighted by Gasteiger charge is 2.25. The number of fused-ring (bicyclic) bond motifs is 1. The van der Waals surface area contributed by atoms with Crippen LogP contribution in [0.1, 0.15) is 12.5 Å². The predicted molar refractivity (Wildman–Crippen MR) is 281 cm³/mol. The molecule has 1 aliphatic heterocycles. The van der Waals surface area contributed by atoms with Crippen molar-refractivity contribution in [1.29, 1.82) is 0 Å². The van der Waals surface area contributed by atoms with Crippen molar-refractivity contribution < 1.29 is 0 Å². The molecule has 0 aliphatic carbocycles. The molecular weight excluding hydrogens is 813 g/mol. The average molecular weight is 853 g/mol. The first-order chi connectivity index (χ1) is 33.0. The van der Waals surface area contributed by atoms with Gasteiger partial charge in [-0.05, 0) is 130 Å². The van der Waals surface area contributed by atoms with Crippen LogP contribution in [0, 0.1) is 0 Å². The Labute approximate surface area is 386 Å². The fraction of sp³-hybridized carbons (Fsp3) is 0.0317. The molecule has 0 radical (unpaired) electrons. The number of rotatable bonds is 6. The first-order valence-electron chi connectivity index (χ1n) is 23.0. The zero-order valence-electron chi connectivity index (χ0n) is 36.6. The third-order valence-corrected chi connectivity index (χ3v) is 14.3. The summed E-state index contributed by atoms with van der Waals surface area (Å²) in [5, 5.41) is 19.6. The van der Waals surface area contributed by atoms with Gasteiger partial charge in [0.25, 0.3) is 0 Å². The normalized spacial score (nSPS) is 15.0. The van der Waals surface area contributed by atoms with Gasteiger partial charge in [0, 0.05) is 33.8 Å².